The summed E-state index contributed by atoms with van der Waals surface area (Å²) >= 11 is 6.20. The summed E-state index contributed by atoms with van der Waals surface area (Å²) in [7, 11) is 0. The van der Waals surface area contributed by atoms with Crippen molar-refractivity contribution in [1.82, 2.24) is 4.90 Å². The monoisotopic (exact) mass is 368 g/mol. The molecule has 2 aromatic carbocycles. The first-order valence-corrected chi connectivity index (χ1v) is 9.33. The molecule has 2 aromatic rings. The van der Waals surface area contributed by atoms with Gasteiger partial charge in [0.05, 0.1) is 5.92 Å². The average molecular weight is 369 g/mol. The molecule has 0 N–H and O–H groups in total. The fourth-order valence-corrected chi connectivity index (χ4v) is 3.99. The van der Waals surface area contributed by atoms with Crippen LogP contribution >= 0.6 is 11.6 Å². The molecule has 2 amide bonds. The maximum Gasteiger partial charge on any atom is 0.228 e. The summed E-state index contributed by atoms with van der Waals surface area (Å²) in [6.07, 6.45) is 1.14. The lowest BCUT2D eigenvalue weighted by Gasteiger charge is -2.30. The third-order valence-corrected chi connectivity index (χ3v) is 5.79. The third kappa shape index (κ3) is 3.10. The number of anilines is 1. The van der Waals surface area contributed by atoms with E-state index in [1.165, 1.54) is 11.1 Å². The lowest BCUT2D eigenvalue weighted by molar-refractivity contribution is -0.136. The highest BCUT2D eigenvalue weighted by molar-refractivity contribution is 6.31. The predicted octanol–water partition coefficient (Wildman–Crippen LogP) is 3.59. The van der Waals surface area contributed by atoms with E-state index < -0.39 is 0 Å². The van der Waals surface area contributed by atoms with Gasteiger partial charge in [0.1, 0.15) is 0 Å². The van der Waals surface area contributed by atoms with Gasteiger partial charge in [-0.05, 0) is 42.2 Å². The molecule has 4 rings (SSSR count). The van der Waals surface area contributed by atoms with E-state index in [0.717, 1.165) is 24.2 Å². The molecule has 2 aliphatic heterocycles. The maximum atomic E-state index is 13.0. The lowest BCUT2D eigenvalue weighted by Crippen LogP contribution is -2.40. The van der Waals surface area contributed by atoms with Gasteiger partial charge in [-0.3, -0.25) is 9.59 Å². The summed E-state index contributed by atoms with van der Waals surface area (Å²) in [4.78, 5) is 29.0. The lowest BCUT2D eigenvalue weighted by atomic mass is 9.98. The molecule has 1 unspecified atom stereocenters. The number of halogens is 1. The Kier molecular flexibility index (Phi) is 4.45. The summed E-state index contributed by atoms with van der Waals surface area (Å²) in [5.74, 6) is -0.220. The van der Waals surface area contributed by atoms with Crippen LogP contribution in [0.15, 0.2) is 42.5 Å². The molecule has 1 atom stereocenters. The number of aryl methyl sites for hydroxylation is 1. The first-order chi connectivity index (χ1) is 12.5. The molecular formula is C21H21ClN2O2. The van der Waals surface area contributed by atoms with Gasteiger partial charge in [-0.25, -0.2) is 0 Å². The van der Waals surface area contributed by atoms with Crippen molar-refractivity contribution in [2.45, 2.75) is 26.3 Å². The van der Waals surface area contributed by atoms with Crippen LogP contribution in [0, 0.1) is 12.8 Å². The van der Waals surface area contributed by atoms with Gasteiger partial charge >= 0.3 is 0 Å². The summed E-state index contributed by atoms with van der Waals surface area (Å²) < 4.78 is 0. The van der Waals surface area contributed by atoms with Crippen molar-refractivity contribution >= 4 is 29.1 Å². The second-order valence-corrected chi connectivity index (χ2v) is 7.52. The highest BCUT2D eigenvalue weighted by Gasteiger charge is 2.38. The third-order valence-electron chi connectivity index (χ3n) is 5.38. The Balaban J connectivity index is 1.48. The smallest absolute Gasteiger partial charge is 0.228 e. The number of carbonyl (C=O) groups excluding carboxylic acids is 2. The molecule has 2 aliphatic rings. The van der Waals surface area contributed by atoms with Crippen molar-refractivity contribution in [3.8, 4) is 0 Å². The van der Waals surface area contributed by atoms with Crippen LogP contribution in [-0.4, -0.2) is 29.8 Å². The minimum Gasteiger partial charge on any atom is -0.338 e. The zero-order valence-corrected chi connectivity index (χ0v) is 15.5. The summed E-state index contributed by atoms with van der Waals surface area (Å²) in [5.41, 5.74) is 4.26. The van der Waals surface area contributed by atoms with Gasteiger partial charge in [-0.15, -0.1) is 0 Å². The molecule has 5 heteroatoms. The van der Waals surface area contributed by atoms with E-state index in [1.807, 2.05) is 36.1 Å². The highest BCUT2D eigenvalue weighted by atomic mass is 35.5. The summed E-state index contributed by atoms with van der Waals surface area (Å²) in [6, 6.07) is 13.9. The van der Waals surface area contributed by atoms with Crippen molar-refractivity contribution in [1.29, 1.82) is 0 Å². The Labute approximate surface area is 158 Å². The normalized spacial score (nSPS) is 19.6. The van der Waals surface area contributed by atoms with Gasteiger partial charge in [0.15, 0.2) is 0 Å². The van der Waals surface area contributed by atoms with Crippen LogP contribution in [0.2, 0.25) is 5.02 Å². The number of carbonyl (C=O) groups is 2. The van der Waals surface area contributed by atoms with E-state index in [4.69, 9.17) is 11.6 Å². The molecule has 1 fully saturated rings. The minimum atomic E-state index is -0.284. The van der Waals surface area contributed by atoms with Crippen LogP contribution in [-0.2, 0) is 22.6 Å². The Morgan fingerprint density at radius 1 is 1.15 bits per heavy atom. The Hall–Kier alpha value is -2.33. The molecule has 26 heavy (non-hydrogen) atoms. The predicted molar refractivity (Wildman–Crippen MR) is 102 cm³/mol. The van der Waals surface area contributed by atoms with E-state index in [9.17, 15) is 9.59 Å². The van der Waals surface area contributed by atoms with Gasteiger partial charge in [-0.1, -0.05) is 41.9 Å². The molecule has 134 valence electrons. The topological polar surface area (TPSA) is 40.6 Å². The van der Waals surface area contributed by atoms with Crippen molar-refractivity contribution < 1.29 is 9.59 Å². The fourth-order valence-electron chi connectivity index (χ4n) is 3.81. The molecule has 0 spiro atoms. The fraction of sp³-hybridized carbons (Fsp3) is 0.333. The van der Waals surface area contributed by atoms with E-state index in [2.05, 4.69) is 12.1 Å². The SMILES string of the molecule is Cc1ccc(N2CC(C(=O)N3CCc4ccccc4C3)CC2=O)cc1Cl. The van der Waals surface area contributed by atoms with Crippen LogP contribution < -0.4 is 4.90 Å². The van der Waals surface area contributed by atoms with E-state index in [1.54, 1.807) is 11.0 Å². The van der Waals surface area contributed by atoms with Crippen molar-refractivity contribution in [3.63, 3.8) is 0 Å². The van der Waals surface area contributed by atoms with Crippen LogP contribution in [0.4, 0.5) is 5.69 Å². The van der Waals surface area contributed by atoms with Gasteiger partial charge in [-0.2, -0.15) is 0 Å². The molecule has 0 aliphatic carbocycles. The van der Waals surface area contributed by atoms with Crippen LogP contribution in [0.1, 0.15) is 23.1 Å². The second-order valence-electron chi connectivity index (χ2n) is 7.12. The van der Waals surface area contributed by atoms with E-state index in [0.29, 0.717) is 18.1 Å². The van der Waals surface area contributed by atoms with E-state index in [-0.39, 0.29) is 24.2 Å². The minimum absolute atomic E-state index is 0.0133. The zero-order chi connectivity index (χ0) is 18.3. The molecule has 0 aromatic heterocycles. The van der Waals surface area contributed by atoms with Gasteiger partial charge in [0.25, 0.3) is 0 Å². The largest absolute Gasteiger partial charge is 0.338 e. The maximum absolute atomic E-state index is 13.0. The number of rotatable bonds is 2. The van der Waals surface area contributed by atoms with Gasteiger partial charge in [0, 0.05) is 36.8 Å². The van der Waals surface area contributed by atoms with E-state index >= 15 is 0 Å². The molecule has 0 bridgehead atoms. The number of amides is 2. The Morgan fingerprint density at radius 3 is 2.69 bits per heavy atom. The van der Waals surface area contributed by atoms with Crippen LogP contribution in [0.25, 0.3) is 0 Å². The standard InChI is InChI=1S/C21H21ClN2O2/c1-14-6-7-18(11-19(14)22)24-13-17(10-20(24)25)21(26)23-9-8-15-4-2-3-5-16(15)12-23/h2-7,11,17H,8-10,12-13H2,1H3. The molecule has 0 radical (unpaired) electrons. The molecule has 1 saturated heterocycles. The zero-order valence-electron chi connectivity index (χ0n) is 14.7. The van der Waals surface area contributed by atoms with Gasteiger partial charge in [0.2, 0.25) is 11.8 Å². The number of benzene rings is 2. The highest BCUT2D eigenvalue weighted by Crippen LogP contribution is 2.30. The van der Waals surface area contributed by atoms with Crippen molar-refractivity contribution in [3.05, 3.63) is 64.2 Å². The first kappa shape index (κ1) is 17.1. The van der Waals surface area contributed by atoms with Gasteiger partial charge < -0.3 is 9.80 Å². The van der Waals surface area contributed by atoms with Crippen LogP contribution in [0.3, 0.4) is 0 Å². The van der Waals surface area contributed by atoms with Crippen LogP contribution in [0.5, 0.6) is 0 Å². The number of hydrogen-bond acceptors (Lipinski definition) is 2. The Bertz CT molecular complexity index is 880. The molecular weight excluding hydrogens is 348 g/mol. The molecule has 4 nitrogen and oxygen atoms in total. The molecule has 0 saturated carbocycles. The summed E-state index contributed by atoms with van der Waals surface area (Å²) in [5, 5.41) is 0.637. The quantitative estimate of drug-likeness (QED) is 0.812. The van der Waals surface area contributed by atoms with Crippen molar-refractivity contribution in [2.75, 3.05) is 18.0 Å². The Morgan fingerprint density at radius 2 is 1.92 bits per heavy atom. The second kappa shape index (κ2) is 6.76. The number of hydrogen-bond donors (Lipinski definition) is 0. The summed E-state index contributed by atoms with van der Waals surface area (Å²) in [6.45, 7) is 3.71. The van der Waals surface area contributed by atoms with Crippen molar-refractivity contribution in [2.24, 2.45) is 5.92 Å². The number of fused-ring (bicyclic) bond motifs is 1. The number of nitrogens with zero attached hydrogens (tertiary/aromatic N) is 2. The first-order valence-electron chi connectivity index (χ1n) is 8.95. The molecule has 2 heterocycles. The average Bonchev–Trinajstić information content (AvgIpc) is 3.04.